The fourth-order valence-electron chi connectivity index (χ4n) is 2.83. The lowest BCUT2D eigenvalue weighted by Gasteiger charge is -2.27. The Morgan fingerprint density at radius 1 is 1.32 bits per heavy atom. The third-order valence-corrected chi connectivity index (χ3v) is 5.03. The summed E-state index contributed by atoms with van der Waals surface area (Å²) < 4.78 is 4.50. The molecular formula is C17H20Cl2N2O4. The summed E-state index contributed by atoms with van der Waals surface area (Å²) in [5, 5.41) is 3.31. The van der Waals surface area contributed by atoms with Crippen molar-refractivity contribution >= 4 is 41.0 Å². The molecule has 25 heavy (non-hydrogen) atoms. The molecule has 136 valence electrons. The lowest BCUT2D eigenvalue weighted by Crippen LogP contribution is -2.48. The minimum absolute atomic E-state index is 0.158. The van der Waals surface area contributed by atoms with E-state index in [2.05, 4.69) is 10.1 Å². The van der Waals surface area contributed by atoms with E-state index in [-0.39, 0.29) is 18.4 Å². The predicted molar refractivity (Wildman–Crippen MR) is 94.6 cm³/mol. The summed E-state index contributed by atoms with van der Waals surface area (Å²) in [6.07, 6.45) is 1.29. The van der Waals surface area contributed by atoms with Crippen molar-refractivity contribution in [3.63, 3.8) is 0 Å². The van der Waals surface area contributed by atoms with Gasteiger partial charge in [-0.1, -0.05) is 29.3 Å². The number of rotatable bonds is 5. The smallest absolute Gasteiger partial charge is 0.325 e. The molecule has 2 atom stereocenters. The van der Waals surface area contributed by atoms with Gasteiger partial charge in [0.25, 0.3) is 0 Å². The third-order valence-electron chi connectivity index (χ3n) is 4.29. The van der Waals surface area contributed by atoms with E-state index >= 15 is 0 Å². The summed E-state index contributed by atoms with van der Waals surface area (Å²) >= 11 is 11.9. The maximum Gasteiger partial charge on any atom is 0.325 e. The topological polar surface area (TPSA) is 75.7 Å². The van der Waals surface area contributed by atoms with E-state index in [0.29, 0.717) is 23.0 Å². The van der Waals surface area contributed by atoms with Gasteiger partial charge in [-0.3, -0.25) is 14.4 Å². The number of methoxy groups -OCH3 is 1. The highest BCUT2D eigenvalue weighted by Gasteiger charge is 2.36. The van der Waals surface area contributed by atoms with Crippen molar-refractivity contribution in [1.29, 1.82) is 0 Å². The molecule has 0 spiro atoms. The van der Waals surface area contributed by atoms with Crippen LogP contribution in [-0.2, 0) is 19.1 Å². The summed E-state index contributed by atoms with van der Waals surface area (Å²) in [5.41, 5.74) is 0.736. The van der Waals surface area contributed by atoms with Crippen molar-refractivity contribution in [2.45, 2.75) is 31.7 Å². The van der Waals surface area contributed by atoms with Gasteiger partial charge in [0.05, 0.1) is 23.1 Å². The molecule has 1 fully saturated rings. The van der Waals surface area contributed by atoms with E-state index in [4.69, 9.17) is 23.2 Å². The van der Waals surface area contributed by atoms with Crippen molar-refractivity contribution in [3.05, 3.63) is 33.8 Å². The number of halogens is 2. The normalized spacial score (nSPS) is 17.9. The summed E-state index contributed by atoms with van der Waals surface area (Å²) in [5.74, 6) is -1.50. The van der Waals surface area contributed by atoms with Crippen molar-refractivity contribution in [2.24, 2.45) is 0 Å². The minimum atomic E-state index is -0.581. The summed E-state index contributed by atoms with van der Waals surface area (Å²) in [4.78, 5) is 37.8. The first-order chi connectivity index (χ1) is 11.8. The summed E-state index contributed by atoms with van der Waals surface area (Å²) in [6.45, 7) is 2.06. The number of nitrogens with zero attached hydrogens (tertiary/aromatic N) is 1. The lowest BCUT2D eigenvalue weighted by atomic mass is 9.99. The SMILES string of the molecule is COC(=O)CNC(=O)[C@@H]1CCCN1C(=O)C(C)c1ccc(Cl)c(Cl)c1. The zero-order valence-electron chi connectivity index (χ0n) is 14.1. The Bertz CT molecular complexity index is 681. The van der Waals surface area contributed by atoms with Crippen LogP contribution in [0.3, 0.4) is 0 Å². The quantitative estimate of drug-likeness (QED) is 0.788. The molecule has 0 aromatic heterocycles. The number of amides is 2. The van der Waals surface area contributed by atoms with Gasteiger partial charge in [0.1, 0.15) is 12.6 Å². The van der Waals surface area contributed by atoms with Crippen LogP contribution in [0.2, 0.25) is 10.0 Å². The lowest BCUT2D eigenvalue weighted by molar-refractivity contribution is -0.143. The zero-order chi connectivity index (χ0) is 18.6. The monoisotopic (exact) mass is 386 g/mol. The second kappa shape index (κ2) is 8.54. The molecule has 1 aliphatic heterocycles. The minimum Gasteiger partial charge on any atom is -0.468 e. The maximum absolute atomic E-state index is 12.8. The number of carbonyl (C=O) groups is 3. The highest BCUT2D eigenvalue weighted by atomic mass is 35.5. The van der Waals surface area contributed by atoms with Gasteiger partial charge in [0, 0.05) is 6.54 Å². The van der Waals surface area contributed by atoms with Crippen LogP contribution in [0.15, 0.2) is 18.2 Å². The number of esters is 1. The number of likely N-dealkylation sites (tertiary alicyclic amines) is 1. The largest absolute Gasteiger partial charge is 0.468 e. The Balaban J connectivity index is 2.07. The highest BCUT2D eigenvalue weighted by molar-refractivity contribution is 6.42. The molecule has 2 amide bonds. The van der Waals surface area contributed by atoms with Gasteiger partial charge < -0.3 is 15.0 Å². The average molecular weight is 387 g/mol. The van der Waals surface area contributed by atoms with Crippen molar-refractivity contribution in [2.75, 3.05) is 20.2 Å². The van der Waals surface area contributed by atoms with Gasteiger partial charge in [0.15, 0.2) is 0 Å². The highest BCUT2D eigenvalue weighted by Crippen LogP contribution is 2.29. The zero-order valence-corrected chi connectivity index (χ0v) is 15.6. The van der Waals surface area contributed by atoms with Crippen LogP contribution in [0.4, 0.5) is 0 Å². The Morgan fingerprint density at radius 2 is 2.04 bits per heavy atom. The van der Waals surface area contributed by atoms with Crippen molar-refractivity contribution < 1.29 is 19.1 Å². The van der Waals surface area contributed by atoms with Crippen LogP contribution in [-0.4, -0.2) is 48.9 Å². The van der Waals surface area contributed by atoms with Gasteiger partial charge in [-0.15, -0.1) is 0 Å². The van der Waals surface area contributed by atoms with Crippen LogP contribution in [0.1, 0.15) is 31.2 Å². The van der Waals surface area contributed by atoms with Gasteiger partial charge in [-0.05, 0) is 37.5 Å². The Kier molecular flexibility index (Phi) is 6.67. The number of ether oxygens (including phenoxy) is 1. The molecule has 1 N–H and O–H groups in total. The van der Waals surface area contributed by atoms with Crippen LogP contribution < -0.4 is 5.32 Å². The molecule has 0 saturated carbocycles. The Labute approximate surface area is 156 Å². The van der Waals surface area contributed by atoms with Crippen molar-refractivity contribution in [3.8, 4) is 0 Å². The molecule has 1 saturated heterocycles. The fourth-order valence-corrected chi connectivity index (χ4v) is 3.13. The molecule has 1 aromatic carbocycles. The molecule has 0 radical (unpaired) electrons. The van der Waals surface area contributed by atoms with Gasteiger partial charge in [-0.2, -0.15) is 0 Å². The Morgan fingerprint density at radius 3 is 2.68 bits per heavy atom. The fraction of sp³-hybridized carbons (Fsp3) is 0.471. The van der Waals surface area contributed by atoms with E-state index in [1.165, 1.54) is 7.11 Å². The van der Waals surface area contributed by atoms with E-state index in [1.54, 1.807) is 30.0 Å². The molecule has 0 bridgehead atoms. The molecule has 2 rings (SSSR count). The van der Waals surface area contributed by atoms with Gasteiger partial charge >= 0.3 is 5.97 Å². The van der Waals surface area contributed by atoms with E-state index in [9.17, 15) is 14.4 Å². The number of carbonyl (C=O) groups excluding carboxylic acids is 3. The molecule has 8 heteroatoms. The first-order valence-electron chi connectivity index (χ1n) is 7.95. The van der Waals surface area contributed by atoms with Crippen LogP contribution in [0.5, 0.6) is 0 Å². The molecule has 0 aliphatic carbocycles. The summed E-state index contributed by atoms with van der Waals surface area (Å²) in [7, 11) is 1.25. The predicted octanol–water partition coefficient (Wildman–Crippen LogP) is 2.38. The van der Waals surface area contributed by atoms with Crippen LogP contribution in [0, 0.1) is 0 Å². The number of hydrogen-bond donors (Lipinski definition) is 1. The van der Waals surface area contributed by atoms with Gasteiger partial charge in [-0.25, -0.2) is 0 Å². The molecule has 1 aromatic rings. The Hall–Kier alpha value is -1.79. The molecule has 6 nitrogen and oxygen atoms in total. The first kappa shape index (κ1) is 19.5. The number of benzene rings is 1. The van der Waals surface area contributed by atoms with Crippen LogP contribution >= 0.6 is 23.2 Å². The number of nitrogens with one attached hydrogen (secondary N) is 1. The van der Waals surface area contributed by atoms with Crippen LogP contribution in [0.25, 0.3) is 0 Å². The number of hydrogen-bond acceptors (Lipinski definition) is 4. The van der Waals surface area contributed by atoms with E-state index in [1.807, 2.05) is 0 Å². The second-order valence-electron chi connectivity index (χ2n) is 5.88. The van der Waals surface area contributed by atoms with E-state index < -0.39 is 17.9 Å². The summed E-state index contributed by atoms with van der Waals surface area (Å²) in [6, 6.07) is 4.48. The second-order valence-corrected chi connectivity index (χ2v) is 6.69. The third kappa shape index (κ3) is 4.64. The first-order valence-corrected chi connectivity index (χ1v) is 8.70. The van der Waals surface area contributed by atoms with Crippen molar-refractivity contribution in [1.82, 2.24) is 10.2 Å². The standard InChI is InChI=1S/C17H20Cl2N2O4/c1-10(11-5-6-12(18)13(19)8-11)17(24)21-7-3-4-14(21)16(23)20-9-15(22)25-2/h5-6,8,10,14H,3-4,7,9H2,1-2H3,(H,20,23)/t10?,14-/m0/s1. The molecular weight excluding hydrogens is 367 g/mol. The van der Waals surface area contributed by atoms with Gasteiger partial charge in [0.2, 0.25) is 11.8 Å². The molecule has 1 unspecified atom stereocenters. The molecule has 1 aliphatic rings. The van der Waals surface area contributed by atoms with E-state index in [0.717, 1.165) is 12.0 Å². The molecule has 1 heterocycles. The maximum atomic E-state index is 12.8. The average Bonchev–Trinajstić information content (AvgIpc) is 3.10.